The van der Waals surface area contributed by atoms with Gasteiger partial charge in [-0.15, -0.1) is 11.3 Å². The number of nitrogens with zero attached hydrogens (tertiary/aromatic N) is 1. The van der Waals surface area contributed by atoms with Crippen molar-refractivity contribution in [3.8, 4) is 0 Å². The van der Waals surface area contributed by atoms with E-state index in [1.165, 1.54) is 23.8 Å². The van der Waals surface area contributed by atoms with Crippen LogP contribution in [0.5, 0.6) is 0 Å². The van der Waals surface area contributed by atoms with Crippen molar-refractivity contribution in [3.05, 3.63) is 35.5 Å². The number of hydrogen-bond donors (Lipinski definition) is 3. The van der Waals surface area contributed by atoms with Gasteiger partial charge in [0, 0.05) is 18.3 Å². The summed E-state index contributed by atoms with van der Waals surface area (Å²) >= 11 is 1.20. The number of carbonyl (C=O) groups excluding carboxylic acids is 1. The van der Waals surface area contributed by atoms with Crippen LogP contribution in [0, 0.1) is 0 Å². The summed E-state index contributed by atoms with van der Waals surface area (Å²) in [5.41, 5.74) is 2.76. The highest BCUT2D eigenvalue weighted by Gasteiger charge is 2.13. The van der Waals surface area contributed by atoms with Gasteiger partial charge in [0.1, 0.15) is 5.00 Å². The molecule has 98 valence electrons. The van der Waals surface area contributed by atoms with Crippen molar-refractivity contribution in [2.75, 3.05) is 10.6 Å². The van der Waals surface area contributed by atoms with E-state index in [0.717, 1.165) is 0 Å². The van der Waals surface area contributed by atoms with Crippen LogP contribution in [-0.4, -0.2) is 22.0 Å². The summed E-state index contributed by atoms with van der Waals surface area (Å²) in [4.78, 5) is 25.7. The minimum absolute atomic E-state index is 0.0186. The van der Waals surface area contributed by atoms with Crippen molar-refractivity contribution in [1.29, 1.82) is 0 Å². The number of benzene rings is 1. The Hall–Kier alpha value is -2.41. The largest absolute Gasteiger partial charge is 0.476 e. The first-order valence-corrected chi connectivity index (χ1v) is 6.25. The highest BCUT2D eigenvalue weighted by molar-refractivity contribution is 7.14. The number of thiazole rings is 1. The fourth-order valence-corrected chi connectivity index (χ4v) is 2.19. The molecule has 0 aliphatic carbocycles. The molecule has 1 aromatic heterocycles. The van der Waals surface area contributed by atoms with E-state index in [4.69, 9.17) is 5.11 Å². The molecule has 3 N–H and O–H groups in total. The first-order chi connectivity index (χ1) is 9.06. The van der Waals surface area contributed by atoms with Gasteiger partial charge in [-0.2, -0.15) is 0 Å². The van der Waals surface area contributed by atoms with Gasteiger partial charge in [0.2, 0.25) is 5.91 Å². The highest BCUT2D eigenvalue weighted by atomic mass is 32.1. The molecule has 19 heavy (non-hydrogen) atoms. The molecule has 1 amide bonds. The fourth-order valence-electron chi connectivity index (χ4n) is 1.50. The average Bonchev–Trinajstić information content (AvgIpc) is 2.76. The summed E-state index contributed by atoms with van der Waals surface area (Å²) in [6, 6.07) is 7.00. The predicted molar refractivity (Wildman–Crippen MR) is 73.1 cm³/mol. The van der Waals surface area contributed by atoms with Gasteiger partial charge in [0.15, 0.2) is 5.69 Å². The van der Waals surface area contributed by atoms with E-state index in [9.17, 15) is 9.59 Å². The van der Waals surface area contributed by atoms with E-state index < -0.39 is 5.97 Å². The zero-order valence-corrected chi connectivity index (χ0v) is 10.8. The van der Waals surface area contributed by atoms with Gasteiger partial charge in [-0.3, -0.25) is 4.79 Å². The molecule has 2 aromatic rings. The number of anilines is 3. The van der Waals surface area contributed by atoms with Gasteiger partial charge in [-0.25, -0.2) is 9.78 Å². The quantitative estimate of drug-likeness (QED) is 0.798. The number of hydrogen-bond acceptors (Lipinski definition) is 5. The molecule has 1 heterocycles. The van der Waals surface area contributed by atoms with Crippen molar-refractivity contribution < 1.29 is 14.7 Å². The number of carboxylic acids is 1. The maximum Gasteiger partial charge on any atom is 0.357 e. The van der Waals surface area contributed by atoms with Gasteiger partial charge >= 0.3 is 5.97 Å². The fraction of sp³-hybridized carbons (Fsp3) is 0.0833. The second-order valence-electron chi connectivity index (χ2n) is 3.72. The van der Waals surface area contributed by atoms with Gasteiger partial charge < -0.3 is 15.7 Å². The van der Waals surface area contributed by atoms with Gasteiger partial charge in [0.05, 0.1) is 5.51 Å². The molecule has 6 nitrogen and oxygen atoms in total. The van der Waals surface area contributed by atoms with E-state index >= 15 is 0 Å². The molecule has 0 saturated carbocycles. The Labute approximate surface area is 113 Å². The van der Waals surface area contributed by atoms with Crippen LogP contribution in [0.15, 0.2) is 29.8 Å². The Morgan fingerprint density at radius 1 is 1.32 bits per heavy atom. The molecule has 0 saturated heterocycles. The molecule has 2 rings (SSSR count). The normalized spacial score (nSPS) is 9.95. The number of nitrogens with one attached hydrogen (secondary N) is 2. The van der Waals surface area contributed by atoms with Crippen LogP contribution in [0.4, 0.5) is 16.4 Å². The summed E-state index contributed by atoms with van der Waals surface area (Å²) in [5.74, 6) is -1.25. The summed E-state index contributed by atoms with van der Waals surface area (Å²) in [6.07, 6.45) is 0. The van der Waals surface area contributed by atoms with E-state index in [1.54, 1.807) is 24.3 Å². The van der Waals surface area contributed by atoms with Crippen molar-refractivity contribution in [2.45, 2.75) is 6.92 Å². The Morgan fingerprint density at radius 3 is 2.74 bits per heavy atom. The molecule has 0 radical (unpaired) electrons. The van der Waals surface area contributed by atoms with E-state index in [-0.39, 0.29) is 11.6 Å². The number of carbonyl (C=O) groups is 2. The summed E-state index contributed by atoms with van der Waals surface area (Å²) in [6.45, 7) is 1.42. The molecule has 0 bridgehead atoms. The van der Waals surface area contributed by atoms with Crippen LogP contribution in [0.3, 0.4) is 0 Å². The van der Waals surface area contributed by atoms with Crippen molar-refractivity contribution >= 4 is 39.6 Å². The van der Waals surface area contributed by atoms with Crippen molar-refractivity contribution in [3.63, 3.8) is 0 Å². The van der Waals surface area contributed by atoms with E-state index in [0.29, 0.717) is 16.4 Å². The first-order valence-electron chi connectivity index (χ1n) is 5.37. The molecular formula is C12H11N3O3S. The summed E-state index contributed by atoms with van der Waals surface area (Å²) < 4.78 is 0. The molecule has 0 fully saturated rings. The van der Waals surface area contributed by atoms with Crippen LogP contribution in [0.25, 0.3) is 0 Å². The zero-order valence-electron chi connectivity index (χ0n) is 10.0. The number of carboxylic acid groups (broad SMARTS) is 1. The van der Waals surface area contributed by atoms with Crippen LogP contribution in [0.1, 0.15) is 17.4 Å². The summed E-state index contributed by atoms with van der Waals surface area (Å²) in [5, 5.41) is 15.0. The van der Waals surface area contributed by atoms with Crippen LogP contribution in [0.2, 0.25) is 0 Å². The SMILES string of the molecule is CC(=O)Nc1cccc(Nc2scnc2C(=O)O)c1. The number of aromatic nitrogens is 1. The second kappa shape index (κ2) is 5.49. The van der Waals surface area contributed by atoms with E-state index in [2.05, 4.69) is 15.6 Å². The Morgan fingerprint density at radius 2 is 2.05 bits per heavy atom. The van der Waals surface area contributed by atoms with Crippen LogP contribution in [-0.2, 0) is 4.79 Å². The lowest BCUT2D eigenvalue weighted by molar-refractivity contribution is -0.114. The molecule has 0 spiro atoms. The maximum atomic E-state index is 11.0. The standard InChI is InChI=1S/C12H11N3O3S/c1-7(16)14-8-3-2-4-9(5-8)15-11-10(12(17)18)13-6-19-11/h2-6,15H,1H3,(H,14,16)(H,17,18). The van der Waals surface area contributed by atoms with Crippen LogP contribution >= 0.6 is 11.3 Å². The Balaban J connectivity index is 2.21. The number of aromatic carboxylic acids is 1. The topological polar surface area (TPSA) is 91.3 Å². The van der Waals surface area contributed by atoms with Crippen molar-refractivity contribution in [1.82, 2.24) is 4.98 Å². The molecule has 0 aliphatic rings. The molecule has 1 aromatic carbocycles. The summed E-state index contributed by atoms with van der Waals surface area (Å²) in [7, 11) is 0. The minimum Gasteiger partial charge on any atom is -0.476 e. The average molecular weight is 277 g/mol. The molecule has 0 unspecified atom stereocenters. The zero-order chi connectivity index (χ0) is 13.8. The van der Waals surface area contributed by atoms with Gasteiger partial charge in [-0.1, -0.05) is 6.07 Å². The van der Waals surface area contributed by atoms with Gasteiger partial charge in [0.25, 0.3) is 0 Å². The van der Waals surface area contributed by atoms with E-state index in [1.807, 2.05) is 0 Å². The second-order valence-corrected chi connectivity index (χ2v) is 4.58. The van der Waals surface area contributed by atoms with Crippen LogP contribution < -0.4 is 10.6 Å². The Bertz CT molecular complexity index is 624. The first kappa shape index (κ1) is 13.0. The highest BCUT2D eigenvalue weighted by Crippen LogP contribution is 2.26. The molecule has 7 heteroatoms. The van der Waals surface area contributed by atoms with Crippen molar-refractivity contribution in [2.24, 2.45) is 0 Å². The molecule has 0 aliphatic heterocycles. The third-order valence-corrected chi connectivity index (χ3v) is 2.95. The number of amides is 1. The predicted octanol–water partition coefficient (Wildman–Crippen LogP) is 2.54. The third kappa shape index (κ3) is 3.29. The Kier molecular flexibility index (Phi) is 3.76. The lowest BCUT2D eigenvalue weighted by Gasteiger charge is -2.07. The lowest BCUT2D eigenvalue weighted by atomic mass is 10.2. The minimum atomic E-state index is -1.08. The number of rotatable bonds is 4. The monoisotopic (exact) mass is 277 g/mol. The van der Waals surface area contributed by atoms with Gasteiger partial charge in [-0.05, 0) is 18.2 Å². The smallest absolute Gasteiger partial charge is 0.357 e. The molecule has 0 atom stereocenters. The maximum absolute atomic E-state index is 11.0. The molecular weight excluding hydrogens is 266 g/mol. The third-order valence-electron chi connectivity index (χ3n) is 2.21. The lowest BCUT2D eigenvalue weighted by Crippen LogP contribution is -2.06.